The molecule has 0 fully saturated rings. The summed E-state index contributed by atoms with van der Waals surface area (Å²) < 4.78 is 39.5. The van der Waals surface area contributed by atoms with Crippen LogP contribution in [0.5, 0.6) is 0 Å². The SMILES string of the molecule is CCc1ccc(C(C)(N)c2ccccc2C(F)(F)F)cc1. The second-order valence-corrected chi connectivity index (χ2v) is 5.30. The average molecular weight is 293 g/mol. The van der Waals surface area contributed by atoms with E-state index >= 15 is 0 Å². The van der Waals surface area contributed by atoms with E-state index in [1.807, 2.05) is 19.1 Å². The van der Waals surface area contributed by atoms with Crippen molar-refractivity contribution in [1.29, 1.82) is 0 Å². The molecule has 4 heteroatoms. The van der Waals surface area contributed by atoms with Crippen molar-refractivity contribution in [3.05, 3.63) is 70.8 Å². The van der Waals surface area contributed by atoms with Crippen LogP contribution in [0.1, 0.15) is 36.1 Å². The molecule has 112 valence electrons. The van der Waals surface area contributed by atoms with Crippen LogP contribution in [-0.4, -0.2) is 0 Å². The molecule has 0 saturated heterocycles. The third-order valence-electron chi connectivity index (χ3n) is 3.75. The lowest BCUT2D eigenvalue weighted by molar-refractivity contribution is -0.138. The van der Waals surface area contributed by atoms with Gasteiger partial charge in [0.05, 0.1) is 11.1 Å². The van der Waals surface area contributed by atoms with Gasteiger partial charge in [0.1, 0.15) is 0 Å². The minimum absolute atomic E-state index is 0.0850. The first-order valence-corrected chi connectivity index (χ1v) is 6.81. The third-order valence-corrected chi connectivity index (χ3v) is 3.75. The summed E-state index contributed by atoms with van der Waals surface area (Å²) in [6, 6.07) is 12.9. The Morgan fingerprint density at radius 2 is 1.43 bits per heavy atom. The van der Waals surface area contributed by atoms with Crippen LogP contribution in [0.3, 0.4) is 0 Å². The van der Waals surface area contributed by atoms with Crippen molar-refractivity contribution >= 4 is 0 Å². The van der Waals surface area contributed by atoms with E-state index in [0.717, 1.165) is 18.1 Å². The maximum atomic E-state index is 13.2. The highest BCUT2D eigenvalue weighted by Crippen LogP contribution is 2.38. The molecule has 1 unspecified atom stereocenters. The van der Waals surface area contributed by atoms with Gasteiger partial charge in [0, 0.05) is 0 Å². The Kier molecular flexibility index (Phi) is 4.10. The molecule has 21 heavy (non-hydrogen) atoms. The number of nitrogens with two attached hydrogens (primary N) is 1. The Labute approximate surface area is 122 Å². The summed E-state index contributed by atoms with van der Waals surface area (Å²) in [6.07, 6.45) is -3.54. The molecule has 0 aliphatic heterocycles. The molecule has 0 spiro atoms. The van der Waals surface area contributed by atoms with Gasteiger partial charge in [-0.2, -0.15) is 13.2 Å². The van der Waals surface area contributed by atoms with E-state index in [9.17, 15) is 13.2 Å². The standard InChI is InChI=1S/C17H18F3N/c1-3-12-8-10-13(11-9-12)16(2,21)14-6-4-5-7-15(14)17(18,19)20/h4-11H,3,21H2,1-2H3. The minimum atomic E-state index is -4.42. The highest BCUT2D eigenvalue weighted by Gasteiger charge is 2.38. The first kappa shape index (κ1) is 15.6. The highest BCUT2D eigenvalue weighted by molar-refractivity contribution is 5.43. The summed E-state index contributed by atoms with van der Waals surface area (Å²) in [5.74, 6) is 0. The van der Waals surface area contributed by atoms with Crippen LogP contribution in [0.15, 0.2) is 48.5 Å². The van der Waals surface area contributed by atoms with Crippen LogP contribution in [-0.2, 0) is 18.1 Å². The van der Waals surface area contributed by atoms with Crippen LogP contribution >= 0.6 is 0 Å². The summed E-state index contributed by atoms with van der Waals surface area (Å²) in [4.78, 5) is 0. The van der Waals surface area contributed by atoms with Gasteiger partial charge in [0.2, 0.25) is 0 Å². The molecule has 0 radical (unpaired) electrons. The number of aryl methyl sites for hydroxylation is 1. The zero-order chi connectivity index (χ0) is 15.7. The fourth-order valence-corrected chi connectivity index (χ4v) is 2.43. The van der Waals surface area contributed by atoms with Gasteiger partial charge in [0.15, 0.2) is 0 Å². The second-order valence-electron chi connectivity index (χ2n) is 5.30. The van der Waals surface area contributed by atoms with Crippen LogP contribution in [0.4, 0.5) is 13.2 Å². The molecule has 1 nitrogen and oxygen atoms in total. The predicted molar refractivity (Wildman–Crippen MR) is 77.9 cm³/mol. The lowest BCUT2D eigenvalue weighted by atomic mass is 9.82. The van der Waals surface area contributed by atoms with E-state index in [-0.39, 0.29) is 5.56 Å². The van der Waals surface area contributed by atoms with Gasteiger partial charge in [-0.1, -0.05) is 49.4 Å². The second kappa shape index (κ2) is 5.53. The average Bonchev–Trinajstić information content (AvgIpc) is 2.46. The zero-order valence-corrected chi connectivity index (χ0v) is 12.0. The fourth-order valence-electron chi connectivity index (χ4n) is 2.43. The van der Waals surface area contributed by atoms with E-state index in [1.165, 1.54) is 12.1 Å². The monoisotopic (exact) mass is 293 g/mol. The smallest absolute Gasteiger partial charge is 0.318 e. The van der Waals surface area contributed by atoms with Crippen molar-refractivity contribution in [3.8, 4) is 0 Å². The van der Waals surface area contributed by atoms with Crippen LogP contribution in [0, 0.1) is 0 Å². The van der Waals surface area contributed by atoms with Crippen molar-refractivity contribution in [1.82, 2.24) is 0 Å². The molecule has 0 amide bonds. The maximum absolute atomic E-state index is 13.2. The topological polar surface area (TPSA) is 26.0 Å². The molecule has 1 atom stereocenters. The fraction of sp³-hybridized carbons (Fsp3) is 0.294. The molecule has 2 rings (SSSR count). The molecule has 0 aliphatic carbocycles. The third kappa shape index (κ3) is 3.10. The first-order valence-electron chi connectivity index (χ1n) is 6.81. The number of benzene rings is 2. The normalized spacial score (nSPS) is 14.8. The van der Waals surface area contributed by atoms with Crippen LogP contribution in [0.2, 0.25) is 0 Å². The Hall–Kier alpha value is -1.81. The van der Waals surface area contributed by atoms with Crippen LogP contribution < -0.4 is 5.73 Å². The van der Waals surface area contributed by atoms with Gasteiger partial charge in [-0.15, -0.1) is 0 Å². The first-order chi connectivity index (χ1) is 9.76. The minimum Gasteiger partial charge on any atom is -0.318 e. The largest absolute Gasteiger partial charge is 0.416 e. The van der Waals surface area contributed by atoms with Gasteiger partial charge < -0.3 is 5.73 Å². The molecule has 0 aliphatic rings. The van der Waals surface area contributed by atoms with Crippen molar-refractivity contribution < 1.29 is 13.2 Å². The van der Waals surface area contributed by atoms with Crippen molar-refractivity contribution in [2.24, 2.45) is 5.73 Å². The lowest BCUT2D eigenvalue weighted by Gasteiger charge is -2.29. The number of hydrogen-bond acceptors (Lipinski definition) is 1. The molecule has 2 aromatic rings. The molecule has 0 saturated carbocycles. The Morgan fingerprint density at radius 3 is 1.90 bits per heavy atom. The molecule has 2 aromatic carbocycles. The number of rotatable bonds is 3. The maximum Gasteiger partial charge on any atom is 0.416 e. The van der Waals surface area contributed by atoms with Gasteiger partial charge in [-0.05, 0) is 36.1 Å². The summed E-state index contributed by atoms with van der Waals surface area (Å²) in [5, 5.41) is 0. The molecular formula is C17H18F3N. The predicted octanol–water partition coefficient (Wildman–Crippen LogP) is 4.49. The van der Waals surface area contributed by atoms with Crippen molar-refractivity contribution in [2.75, 3.05) is 0 Å². The van der Waals surface area contributed by atoms with Crippen molar-refractivity contribution in [3.63, 3.8) is 0 Å². The summed E-state index contributed by atoms with van der Waals surface area (Å²) in [7, 11) is 0. The zero-order valence-electron chi connectivity index (χ0n) is 12.0. The van der Waals surface area contributed by atoms with Gasteiger partial charge in [-0.3, -0.25) is 0 Å². The molecule has 0 aromatic heterocycles. The number of alkyl halides is 3. The summed E-state index contributed by atoms with van der Waals surface area (Å²) in [5.41, 5.74) is 6.24. The van der Waals surface area contributed by atoms with Crippen LogP contribution in [0.25, 0.3) is 0 Å². The quantitative estimate of drug-likeness (QED) is 0.886. The van der Waals surface area contributed by atoms with Gasteiger partial charge in [-0.25, -0.2) is 0 Å². The molecule has 2 N–H and O–H groups in total. The van der Waals surface area contributed by atoms with E-state index < -0.39 is 17.3 Å². The van der Waals surface area contributed by atoms with E-state index in [1.54, 1.807) is 25.1 Å². The van der Waals surface area contributed by atoms with Gasteiger partial charge in [0.25, 0.3) is 0 Å². The summed E-state index contributed by atoms with van der Waals surface area (Å²) in [6.45, 7) is 3.63. The number of hydrogen-bond donors (Lipinski definition) is 1. The van der Waals surface area contributed by atoms with E-state index in [2.05, 4.69) is 0 Å². The highest BCUT2D eigenvalue weighted by atomic mass is 19.4. The van der Waals surface area contributed by atoms with Gasteiger partial charge >= 0.3 is 6.18 Å². The Balaban J connectivity index is 2.53. The van der Waals surface area contributed by atoms with E-state index in [4.69, 9.17) is 5.73 Å². The molecule has 0 bridgehead atoms. The Bertz CT molecular complexity index is 613. The van der Waals surface area contributed by atoms with E-state index in [0.29, 0.717) is 5.56 Å². The molecular weight excluding hydrogens is 275 g/mol. The summed E-state index contributed by atoms with van der Waals surface area (Å²) >= 11 is 0. The lowest BCUT2D eigenvalue weighted by Crippen LogP contribution is -2.36. The Morgan fingerprint density at radius 1 is 0.905 bits per heavy atom. The van der Waals surface area contributed by atoms with Crippen molar-refractivity contribution in [2.45, 2.75) is 32.0 Å². The number of halogens is 3. The molecule has 0 heterocycles.